The van der Waals surface area contributed by atoms with E-state index in [2.05, 4.69) is 10.4 Å². The molecule has 120 valence electrons. The van der Waals surface area contributed by atoms with Gasteiger partial charge in [0.05, 0.1) is 24.1 Å². The molecule has 0 saturated heterocycles. The lowest BCUT2D eigenvalue weighted by atomic mass is 10.2. The molecule has 22 heavy (non-hydrogen) atoms. The molecule has 0 aliphatic heterocycles. The van der Waals surface area contributed by atoms with E-state index >= 15 is 0 Å². The molecular formula is C16H22FN3O2. The predicted octanol–water partition coefficient (Wildman–Crippen LogP) is 3.46. The maximum Gasteiger partial charge on any atom is 0.259 e. The standard InChI is InChI=1S/C14H16FN3O2.C2H6/c1-8-5-11(15)13(20-4)12(6-8)16-14(19)10-7-18(3)17-9(10)2;1-2/h5-7H,1-4H3,(H,16,19);1-2H3. The number of hydrogen-bond donors (Lipinski definition) is 1. The highest BCUT2D eigenvalue weighted by Gasteiger charge is 2.17. The van der Waals surface area contributed by atoms with Gasteiger partial charge in [-0.1, -0.05) is 13.8 Å². The van der Waals surface area contributed by atoms with Crippen molar-refractivity contribution in [3.8, 4) is 5.75 Å². The van der Waals surface area contributed by atoms with Crippen LogP contribution in [0.25, 0.3) is 0 Å². The van der Waals surface area contributed by atoms with Crippen LogP contribution in [0.15, 0.2) is 18.3 Å². The number of halogens is 1. The second-order valence-electron chi connectivity index (χ2n) is 4.58. The second kappa shape index (κ2) is 7.59. The normalized spacial score (nSPS) is 9.77. The van der Waals surface area contributed by atoms with Crippen molar-refractivity contribution in [2.75, 3.05) is 12.4 Å². The van der Waals surface area contributed by atoms with Crippen LogP contribution in [0.4, 0.5) is 10.1 Å². The van der Waals surface area contributed by atoms with Crippen molar-refractivity contribution in [3.05, 3.63) is 41.0 Å². The highest BCUT2D eigenvalue weighted by molar-refractivity contribution is 6.05. The third-order valence-corrected chi connectivity index (χ3v) is 2.90. The fourth-order valence-corrected chi connectivity index (χ4v) is 2.04. The van der Waals surface area contributed by atoms with Gasteiger partial charge in [-0.2, -0.15) is 5.10 Å². The minimum Gasteiger partial charge on any atom is -0.492 e. The molecular weight excluding hydrogens is 285 g/mol. The van der Waals surface area contributed by atoms with Crippen molar-refractivity contribution in [1.29, 1.82) is 0 Å². The Bertz CT molecular complexity index is 666. The van der Waals surface area contributed by atoms with Crippen LogP contribution in [-0.2, 0) is 7.05 Å². The average molecular weight is 307 g/mol. The smallest absolute Gasteiger partial charge is 0.259 e. The van der Waals surface area contributed by atoms with Crippen LogP contribution in [0.3, 0.4) is 0 Å². The number of benzene rings is 1. The summed E-state index contributed by atoms with van der Waals surface area (Å²) in [5, 5.41) is 6.76. The first kappa shape index (κ1) is 17.7. The highest BCUT2D eigenvalue weighted by Crippen LogP contribution is 2.29. The van der Waals surface area contributed by atoms with Crippen LogP contribution in [0.2, 0.25) is 0 Å². The molecule has 0 aliphatic rings. The number of rotatable bonds is 3. The molecule has 5 nitrogen and oxygen atoms in total. The molecule has 1 aromatic carbocycles. The van der Waals surface area contributed by atoms with Gasteiger partial charge in [0.2, 0.25) is 0 Å². The maximum atomic E-state index is 13.8. The molecule has 0 bridgehead atoms. The largest absolute Gasteiger partial charge is 0.492 e. The van der Waals surface area contributed by atoms with Crippen LogP contribution in [-0.4, -0.2) is 22.8 Å². The van der Waals surface area contributed by atoms with E-state index in [0.717, 1.165) is 0 Å². The number of hydrogen-bond acceptors (Lipinski definition) is 3. The van der Waals surface area contributed by atoms with E-state index in [9.17, 15) is 9.18 Å². The second-order valence-corrected chi connectivity index (χ2v) is 4.58. The molecule has 0 spiro atoms. The molecule has 1 N–H and O–H groups in total. The summed E-state index contributed by atoms with van der Waals surface area (Å²) in [7, 11) is 3.09. The van der Waals surface area contributed by atoms with E-state index in [1.807, 2.05) is 13.8 Å². The first-order valence-electron chi connectivity index (χ1n) is 7.08. The van der Waals surface area contributed by atoms with Crippen LogP contribution >= 0.6 is 0 Å². The monoisotopic (exact) mass is 307 g/mol. The summed E-state index contributed by atoms with van der Waals surface area (Å²) in [5.74, 6) is -0.838. The summed E-state index contributed by atoms with van der Waals surface area (Å²) in [6.07, 6.45) is 1.61. The first-order valence-corrected chi connectivity index (χ1v) is 7.08. The molecule has 1 heterocycles. The van der Waals surface area contributed by atoms with Gasteiger partial charge in [-0.3, -0.25) is 9.48 Å². The number of methoxy groups -OCH3 is 1. The van der Waals surface area contributed by atoms with E-state index in [-0.39, 0.29) is 11.7 Å². The number of anilines is 1. The molecule has 2 aromatic rings. The molecule has 6 heteroatoms. The highest BCUT2D eigenvalue weighted by atomic mass is 19.1. The van der Waals surface area contributed by atoms with Crippen LogP contribution in [0.1, 0.15) is 35.5 Å². The molecule has 2 rings (SSSR count). The number of carbonyl (C=O) groups is 1. The fourth-order valence-electron chi connectivity index (χ4n) is 2.04. The Morgan fingerprint density at radius 3 is 2.45 bits per heavy atom. The lowest BCUT2D eigenvalue weighted by Gasteiger charge is -2.11. The quantitative estimate of drug-likeness (QED) is 0.944. The van der Waals surface area contributed by atoms with Crippen LogP contribution in [0, 0.1) is 19.7 Å². The number of nitrogens with zero attached hydrogens (tertiary/aromatic N) is 2. The van der Waals surface area contributed by atoms with Crippen molar-refractivity contribution in [1.82, 2.24) is 9.78 Å². The molecule has 0 saturated carbocycles. The Labute approximate surface area is 130 Å². The topological polar surface area (TPSA) is 56.1 Å². The van der Waals surface area contributed by atoms with Crippen molar-refractivity contribution < 1.29 is 13.9 Å². The van der Waals surface area contributed by atoms with E-state index in [1.54, 1.807) is 37.8 Å². The average Bonchev–Trinajstić information content (AvgIpc) is 2.79. The Morgan fingerprint density at radius 1 is 1.32 bits per heavy atom. The van der Waals surface area contributed by atoms with Gasteiger partial charge in [0.25, 0.3) is 5.91 Å². The minimum atomic E-state index is -0.509. The third-order valence-electron chi connectivity index (χ3n) is 2.90. The zero-order valence-electron chi connectivity index (χ0n) is 13.8. The van der Waals surface area contributed by atoms with Gasteiger partial charge < -0.3 is 10.1 Å². The van der Waals surface area contributed by atoms with Gasteiger partial charge in [0.1, 0.15) is 0 Å². The number of aryl methyl sites for hydroxylation is 3. The van der Waals surface area contributed by atoms with Crippen molar-refractivity contribution >= 4 is 11.6 Å². The Morgan fingerprint density at radius 2 is 1.95 bits per heavy atom. The van der Waals surface area contributed by atoms with E-state index < -0.39 is 5.82 Å². The van der Waals surface area contributed by atoms with Crippen LogP contribution < -0.4 is 10.1 Å². The lowest BCUT2D eigenvalue weighted by molar-refractivity contribution is 0.102. The Balaban J connectivity index is 0.00000116. The number of ether oxygens (including phenoxy) is 1. The molecule has 1 aromatic heterocycles. The van der Waals surface area contributed by atoms with E-state index in [4.69, 9.17) is 4.74 Å². The van der Waals surface area contributed by atoms with E-state index in [1.165, 1.54) is 13.2 Å². The molecule has 0 fully saturated rings. The van der Waals surface area contributed by atoms with E-state index in [0.29, 0.717) is 22.5 Å². The van der Waals surface area contributed by atoms with Gasteiger partial charge in [-0.25, -0.2) is 4.39 Å². The minimum absolute atomic E-state index is 0.0190. The van der Waals surface area contributed by atoms with Gasteiger partial charge in [-0.05, 0) is 31.5 Å². The molecule has 0 unspecified atom stereocenters. The summed E-state index contributed by atoms with van der Waals surface area (Å²) >= 11 is 0. The number of nitrogens with one attached hydrogen (secondary N) is 1. The zero-order chi connectivity index (χ0) is 16.9. The summed E-state index contributed by atoms with van der Waals surface area (Å²) in [6, 6.07) is 3.01. The summed E-state index contributed by atoms with van der Waals surface area (Å²) in [4.78, 5) is 12.2. The molecule has 0 aliphatic carbocycles. The van der Waals surface area contributed by atoms with Gasteiger partial charge in [0, 0.05) is 13.2 Å². The molecule has 0 radical (unpaired) electrons. The van der Waals surface area contributed by atoms with Crippen molar-refractivity contribution in [2.24, 2.45) is 7.05 Å². The summed E-state index contributed by atoms with van der Waals surface area (Å²) in [5.41, 5.74) is 2.05. The van der Waals surface area contributed by atoms with Gasteiger partial charge in [0.15, 0.2) is 11.6 Å². The van der Waals surface area contributed by atoms with Crippen molar-refractivity contribution in [3.63, 3.8) is 0 Å². The van der Waals surface area contributed by atoms with Gasteiger partial charge in [-0.15, -0.1) is 0 Å². The Kier molecular flexibility index (Phi) is 6.10. The lowest BCUT2D eigenvalue weighted by Crippen LogP contribution is -2.13. The maximum absolute atomic E-state index is 13.8. The first-order chi connectivity index (χ1) is 10.4. The summed E-state index contributed by atoms with van der Waals surface area (Å²) < 4.78 is 20.3. The van der Waals surface area contributed by atoms with Crippen LogP contribution in [0.5, 0.6) is 5.75 Å². The fraction of sp³-hybridized carbons (Fsp3) is 0.375. The Hall–Kier alpha value is -2.37. The summed E-state index contributed by atoms with van der Waals surface area (Å²) in [6.45, 7) is 7.48. The number of carbonyl (C=O) groups excluding carboxylic acids is 1. The van der Waals surface area contributed by atoms with Crippen molar-refractivity contribution in [2.45, 2.75) is 27.7 Å². The predicted molar refractivity (Wildman–Crippen MR) is 84.9 cm³/mol. The third kappa shape index (κ3) is 3.84. The SMILES string of the molecule is CC.COc1c(F)cc(C)cc1NC(=O)c1cn(C)nc1C. The van der Waals surface area contributed by atoms with Gasteiger partial charge >= 0.3 is 0 Å². The molecule has 0 atom stereocenters. The molecule has 1 amide bonds. The number of amides is 1. The number of aromatic nitrogens is 2. The zero-order valence-corrected chi connectivity index (χ0v) is 13.8.